The predicted molar refractivity (Wildman–Crippen MR) is 125 cm³/mol. The Balaban J connectivity index is 1.45. The van der Waals surface area contributed by atoms with Crippen molar-refractivity contribution in [1.82, 2.24) is 9.62 Å². The lowest BCUT2D eigenvalue weighted by molar-refractivity contribution is -0.126. The van der Waals surface area contributed by atoms with Gasteiger partial charge in [0.25, 0.3) is 0 Å². The number of hydrogen-bond donors (Lipinski definition) is 1. The lowest BCUT2D eigenvalue weighted by atomic mass is 9.93. The van der Waals surface area contributed by atoms with E-state index in [1.165, 1.54) is 16.4 Å². The molecule has 1 unspecified atom stereocenters. The molecule has 172 valence electrons. The Morgan fingerprint density at radius 1 is 0.939 bits per heavy atom. The summed E-state index contributed by atoms with van der Waals surface area (Å²) in [5.74, 6) is -0.837. The summed E-state index contributed by atoms with van der Waals surface area (Å²) < 4.78 is 40.3. The molecule has 7 heteroatoms. The highest BCUT2D eigenvalue weighted by Gasteiger charge is 2.33. The molecule has 1 aliphatic heterocycles. The van der Waals surface area contributed by atoms with Crippen molar-refractivity contribution in [2.24, 2.45) is 5.92 Å². The number of nitrogens with zero attached hydrogens (tertiary/aromatic N) is 1. The van der Waals surface area contributed by atoms with E-state index in [9.17, 15) is 17.6 Å². The average Bonchev–Trinajstić information content (AvgIpc) is 2.83. The lowest BCUT2D eigenvalue weighted by Gasteiger charge is -2.31. The zero-order valence-corrected chi connectivity index (χ0v) is 19.3. The summed E-state index contributed by atoms with van der Waals surface area (Å²) >= 11 is 0. The summed E-state index contributed by atoms with van der Waals surface area (Å²) in [6, 6.07) is 22.4. The molecule has 0 spiro atoms. The van der Waals surface area contributed by atoms with Crippen LogP contribution in [0.5, 0.6) is 0 Å². The van der Waals surface area contributed by atoms with E-state index >= 15 is 0 Å². The Kier molecular flexibility index (Phi) is 6.91. The smallest absolute Gasteiger partial charge is 0.243 e. The molecule has 1 atom stereocenters. The number of carbonyl (C=O) groups is 1. The molecule has 0 aliphatic carbocycles. The van der Waals surface area contributed by atoms with E-state index in [0.29, 0.717) is 12.8 Å². The molecule has 4 rings (SSSR count). The maximum atomic E-state index is 13.2. The molecule has 33 heavy (non-hydrogen) atoms. The van der Waals surface area contributed by atoms with Gasteiger partial charge in [-0.1, -0.05) is 60.2 Å². The van der Waals surface area contributed by atoms with E-state index in [1.807, 2.05) is 55.5 Å². The van der Waals surface area contributed by atoms with Crippen LogP contribution in [0.4, 0.5) is 4.39 Å². The topological polar surface area (TPSA) is 66.5 Å². The van der Waals surface area contributed by atoms with Gasteiger partial charge in [0.1, 0.15) is 5.82 Å². The number of carbonyl (C=O) groups excluding carboxylic acids is 1. The van der Waals surface area contributed by atoms with Crippen molar-refractivity contribution in [2.45, 2.75) is 30.7 Å². The quantitative estimate of drug-likeness (QED) is 0.584. The molecule has 1 saturated heterocycles. The van der Waals surface area contributed by atoms with Gasteiger partial charge in [0.15, 0.2) is 0 Å². The molecule has 0 saturated carbocycles. The Morgan fingerprint density at radius 2 is 1.58 bits per heavy atom. The van der Waals surface area contributed by atoms with Crippen LogP contribution in [0.1, 0.15) is 35.6 Å². The van der Waals surface area contributed by atoms with Crippen molar-refractivity contribution in [2.75, 3.05) is 13.1 Å². The zero-order chi connectivity index (χ0) is 23.4. The number of rotatable bonds is 6. The molecule has 1 fully saturated rings. The molecule has 5 nitrogen and oxygen atoms in total. The third-order valence-electron chi connectivity index (χ3n) is 6.07. The summed E-state index contributed by atoms with van der Waals surface area (Å²) in [7, 11) is -3.71. The number of halogens is 1. The maximum Gasteiger partial charge on any atom is 0.243 e. The SMILES string of the molecule is Cc1cccc(C(NC(=O)C2CCN(S(=O)(=O)c3ccc(F)cc3)CC2)c2ccccc2)c1. The molecule has 1 aliphatic rings. The number of sulfonamides is 1. The Hall–Kier alpha value is -3.03. The number of nitrogens with one attached hydrogen (secondary N) is 1. The van der Waals surface area contributed by atoms with Gasteiger partial charge in [-0.05, 0) is 55.2 Å². The second-order valence-electron chi connectivity index (χ2n) is 8.40. The first-order chi connectivity index (χ1) is 15.8. The Labute approximate surface area is 194 Å². The molecule has 3 aromatic rings. The number of piperidine rings is 1. The monoisotopic (exact) mass is 466 g/mol. The fourth-order valence-electron chi connectivity index (χ4n) is 4.23. The fraction of sp³-hybridized carbons (Fsp3) is 0.269. The third-order valence-corrected chi connectivity index (χ3v) is 7.98. The van der Waals surface area contributed by atoms with Crippen LogP contribution in [-0.4, -0.2) is 31.7 Å². The third kappa shape index (κ3) is 5.31. The van der Waals surface area contributed by atoms with E-state index in [1.54, 1.807) is 0 Å². The van der Waals surface area contributed by atoms with Crippen LogP contribution >= 0.6 is 0 Å². The summed E-state index contributed by atoms with van der Waals surface area (Å²) in [6.07, 6.45) is 0.864. The summed E-state index contributed by atoms with van der Waals surface area (Å²) in [5, 5.41) is 3.19. The second-order valence-corrected chi connectivity index (χ2v) is 10.3. The van der Waals surface area contributed by atoms with Gasteiger partial charge in [-0.3, -0.25) is 4.79 Å². The van der Waals surface area contributed by atoms with Gasteiger partial charge < -0.3 is 5.32 Å². The Bertz CT molecular complexity index is 1210. The first-order valence-electron chi connectivity index (χ1n) is 11.0. The molecule has 1 N–H and O–H groups in total. The van der Waals surface area contributed by atoms with Gasteiger partial charge in [-0.15, -0.1) is 0 Å². The van der Waals surface area contributed by atoms with Crippen molar-refractivity contribution in [1.29, 1.82) is 0 Å². The van der Waals surface area contributed by atoms with Crippen LogP contribution < -0.4 is 5.32 Å². The minimum atomic E-state index is -3.71. The van der Waals surface area contributed by atoms with Crippen LogP contribution in [0.15, 0.2) is 83.8 Å². The van der Waals surface area contributed by atoms with E-state index < -0.39 is 15.8 Å². The van der Waals surface area contributed by atoms with E-state index in [-0.39, 0.29) is 35.9 Å². The highest BCUT2D eigenvalue weighted by atomic mass is 32.2. The molecule has 0 radical (unpaired) electrons. The van der Waals surface area contributed by atoms with Crippen LogP contribution in [0.25, 0.3) is 0 Å². The summed E-state index contributed by atoms with van der Waals surface area (Å²) in [4.78, 5) is 13.2. The number of amides is 1. The minimum absolute atomic E-state index is 0.0652. The fourth-order valence-corrected chi connectivity index (χ4v) is 5.70. The van der Waals surface area contributed by atoms with Crippen molar-refractivity contribution in [3.63, 3.8) is 0 Å². The van der Waals surface area contributed by atoms with Gasteiger partial charge in [-0.2, -0.15) is 4.31 Å². The van der Waals surface area contributed by atoms with Gasteiger partial charge >= 0.3 is 0 Å². The molecule has 1 amide bonds. The van der Waals surface area contributed by atoms with Gasteiger partial charge in [0.2, 0.25) is 15.9 Å². The van der Waals surface area contributed by atoms with Crippen molar-refractivity contribution >= 4 is 15.9 Å². The van der Waals surface area contributed by atoms with E-state index in [2.05, 4.69) is 11.4 Å². The molecule has 0 bridgehead atoms. The van der Waals surface area contributed by atoms with Gasteiger partial charge in [0, 0.05) is 19.0 Å². The standard InChI is InChI=1S/C26H27FN2O3S/c1-19-6-5-9-22(18-19)25(20-7-3-2-4-8-20)28-26(30)21-14-16-29(17-15-21)33(31,32)24-12-10-23(27)11-13-24/h2-13,18,21,25H,14-17H2,1H3,(H,28,30). The highest BCUT2D eigenvalue weighted by Crippen LogP contribution is 2.27. The number of hydrogen-bond acceptors (Lipinski definition) is 3. The summed E-state index contributed by atoms with van der Waals surface area (Å²) in [5.41, 5.74) is 3.11. The van der Waals surface area contributed by atoms with Crippen LogP contribution in [0.2, 0.25) is 0 Å². The molecule has 3 aromatic carbocycles. The van der Waals surface area contributed by atoms with E-state index in [0.717, 1.165) is 28.8 Å². The van der Waals surface area contributed by atoms with Gasteiger partial charge in [-0.25, -0.2) is 12.8 Å². The normalized spacial score (nSPS) is 16.3. The first kappa shape index (κ1) is 23.1. The number of aryl methyl sites for hydroxylation is 1. The first-order valence-corrected chi connectivity index (χ1v) is 12.5. The maximum absolute atomic E-state index is 13.2. The molecule has 1 heterocycles. The van der Waals surface area contributed by atoms with Gasteiger partial charge in [0.05, 0.1) is 10.9 Å². The zero-order valence-electron chi connectivity index (χ0n) is 18.4. The lowest BCUT2D eigenvalue weighted by Crippen LogP contribution is -2.43. The van der Waals surface area contributed by atoms with Crippen molar-refractivity contribution < 1.29 is 17.6 Å². The Morgan fingerprint density at radius 3 is 2.21 bits per heavy atom. The molecular weight excluding hydrogens is 439 g/mol. The second kappa shape index (κ2) is 9.85. The van der Waals surface area contributed by atoms with Crippen molar-refractivity contribution in [3.8, 4) is 0 Å². The molecule has 0 aromatic heterocycles. The van der Waals surface area contributed by atoms with E-state index in [4.69, 9.17) is 0 Å². The van der Waals surface area contributed by atoms with Crippen LogP contribution in [0, 0.1) is 18.7 Å². The number of benzene rings is 3. The largest absolute Gasteiger partial charge is 0.345 e. The van der Waals surface area contributed by atoms with Crippen molar-refractivity contribution in [3.05, 3.63) is 101 Å². The highest BCUT2D eigenvalue weighted by molar-refractivity contribution is 7.89. The molecular formula is C26H27FN2O3S. The van der Waals surface area contributed by atoms with Crippen LogP contribution in [0.3, 0.4) is 0 Å². The minimum Gasteiger partial charge on any atom is -0.345 e. The average molecular weight is 467 g/mol. The van der Waals surface area contributed by atoms with Crippen LogP contribution in [-0.2, 0) is 14.8 Å². The summed E-state index contributed by atoms with van der Waals surface area (Å²) in [6.45, 7) is 2.52. The predicted octanol–water partition coefficient (Wildman–Crippen LogP) is 4.44.